The van der Waals surface area contributed by atoms with Gasteiger partial charge >= 0.3 is 0 Å². The van der Waals surface area contributed by atoms with Crippen LogP contribution >= 0.6 is 0 Å². The Hall–Kier alpha value is -2.41. The highest BCUT2D eigenvalue weighted by Crippen LogP contribution is 2.18. The topological polar surface area (TPSA) is 48.7 Å². The van der Waals surface area contributed by atoms with Crippen LogP contribution in [-0.4, -0.2) is 4.98 Å². The predicted molar refractivity (Wildman–Crippen MR) is 67.4 cm³/mol. The molecule has 0 aliphatic heterocycles. The molecule has 0 saturated heterocycles. The minimum Gasteiger partial charge on any atom is -0.364 e. The first-order valence-corrected chi connectivity index (χ1v) is 5.57. The number of nitriles is 1. The summed E-state index contributed by atoms with van der Waals surface area (Å²) < 4.78 is 13.1. The minimum absolute atomic E-state index is 0.0545. The fourth-order valence-corrected chi connectivity index (χ4v) is 1.63. The zero-order chi connectivity index (χ0) is 13.0. The Labute approximate surface area is 105 Å². The molecule has 0 aliphatic carbocycles. The van der Waals surface area contributed by atoms with E-state index < -0.39 is 0 Å². The van der Waals surface area contributed by atoms with E-state index in [9.17, 15) is 4.39 Å². The van der Waals surface area contributed by atoms with Crippen LogP contribution in [0, 0.1) is 17.1 Å². The molecule has 1 aromatic heterocycles. The standard InChI is InChI=1S/C14H12FN3/c1-10(12-3-2-4-13(15)7-12)18-14-6-5-11(8-16)9-17-14/h2-7,9-10H,1H3,(H,17,18). The van der Waals surface area contributed by atoms with Crippen LogP contribution in [0.15, 0.2) is 42.6 Å². The first-order chi connectivity index (χ1) is 8.69. The molecule has 2 rings (SSSR count). The van der Waals surface area contributed by atoms with Gasteiger partial charge in [-0.15, -0.1) is 0 Å². The summed E-state index contributed by atoms with van der Waals surface area (Å²) in [5.41, 5.74) is 1.36. The SMILES string of the molecule is CC(Nc1ccc(C#N)cn1)c1cccc(F)c1. The Balaban J connectivity index is 2.11. The van der Waals surface area contributed by atoms with Gasteiger partial charge in [0.05, 0.1) is 11.6 Å². The van der Waals surface area contributed by atoms with Crippen molar-refractivity contribution in [3.63, 3.8) is 0 Å². The minimum atomic E-state index is -0.256. The van der Waals surface area contributed by atoms with Gasteiger partial charge in [0, 0.05) is 6.20 Å². The highest BCUT2D eigenvalue weighted by Gasteiger charge is 2.06. The normalized spacial score (nSPS) is 11.6. The van der Waals surface area contributed by atoms with Crippen molar-refractivity contribution in [1.29, 1.82) is 5.26 Å². The zero-order valence-electron chi connectivity index (χ0n) is 9.89. The van der Waals surface area contributed by atoms with Gasteiger partial charge in [-0.3, -0.25) is 0 Å². The number of halogens is 1. The number of hydrogen-bond donors (Lipinski definition) is 1. The van der Waals surface area contributed by atoms with Gasteiger partial charge in [0.15, 0.2) is 0 Å². The molecule has 0 fully saturated rings. The average molecular weight is 241 g/mol. The number of pyridine rings is 1. The van der Waals surface area contributed by atoms with E-state index in [4.69, 9.17) is 5.26 Å². The number of benzene rings is 1. The molecule has 0 radical (unpaired) electrons. The van der Waals surface area contributed by atoms with Crippen LogP contribution in [0.25, 0.3) is 0 Å². The van der Waals surface area contributed by atoms with Crippen molar-refractivity contribution >= 4 is 5.82 Å². The van der Waals surface area contributed by atoms with Gasteiger partial charge < -0.3 is 5.32 Å². The van der Waals surface area contributed by atoms with Gasteiger partial charge in [-0.2, -0.15) is 5.26 Å². The smallest absolute Gasteiger partial charge is 0.126 e. The second kappa shape index (κ2) is 5.28. The first-order valence-electron chi connectivity index (χ1n) is 5.57. The average Bonchev–Trinajstić information content (AvgIpc) is 2.39. The number of nitrogens with zero attached hydrogens (tertiary/aromatic N) is 2. The van der Waals surface area contributed by atoms with Crippen molar-refractivity contribution in [3.05, 3.63) is 59.5 Å². The summed E-state index contributed by atoms with van der Waals surface area (Å²) in [7, 11) is 0. The molecule has 90 valence electrons. The van der Waals surface area contributed by atoms with Crippen molar-refractivity contribution in [3.8, 4) is 6.07 Å². The summed E-state index contributed by atoms with van der Waals surface area (Å²) in [6.07, 6.45) is 1.50. The molecule has 1 N–H and O–H groups in total. The summed E-state index contributed by atoms with van der Waals surface area (Å²) in [5, 5.41) is 11.8. The molecule has 0 bridgehead atoms. The number of aromatic nitrogens is 1. The van der Waals surface area contributed by atoms with Crippen molar-refractivity contribution < 1.29 is 4.39 Å². The second-order valence-corrected chi connectivity index (χ2v) is 3.96. The Morgan fingerprint density at radius 2 is 2.17 bits per heavy atom. The van der Waals surface area contributed by atoms with Crippen molar-refractivity contribution in [2.24, 2.45) is 0 Å². The van der Waals surface area contributed by atoms with Crippen LogP contribution in [0.4, 0.5) is 10.2 Å². The van der Waals surface area contributed by atoms with Crippen molar-refractivity contribution in [2.45, 2.75) is 13.0 Å². The Bertz CT molecular complexity index is 572. The lowest BCUT2D eigenvalue weighted by atomic mass is 10.1. The van der Waals surface area contributed by atoms with E-state index in [0.717, 1.165) is 5.56 Å². The molecule has 1 aromatic carbocycles. The van der Waals surface area contributed by atoms with Gasteiger partial charge in [0.2, 0.25) is 0 Å². The van der Waals surface area contributed by atoms with E-state index in [2.05, 4.69) is 10.3 Å². The molecular weight excluding hydrogens is 229 g/mol. The molecule has 0 amide bonds. The quantitative estimate of drug-likeness (QED) is 0.897. The maximum atomic E-state index is 13.1. The number of rotatable bonds is 3. The Kier molecular flexibility index (Phi) is 3.54. The lowest BCUT2D eigenvalue weighted by molar-refractivity contribution is 0.623. The van der Waals surface area contributed by atoms with Crippen LogP contribution in [0.2, 0.25) is 0 Å². The maximum absolute atomic E-state index is 13.1. The predicted octanol–water partition coefficient (Wildman–Crippen LogP) is 3.27. The van der Waals surface area contributed by atoms with E-state index in [1.807, 2.05) is 19.1 Å². The zero-order valence-corrected chi connectivity index (χ0v) is 9.89. The third-order valence-corrected chi connectivity index (χ3v) is 2.61. The molecule has 0 spiro atoms. The highest BCUT2D eigenvalue weighted by molar-refractivity contribution is 5.41. The molecule has 0 saturated carbocycles. The monoisotopic (exact) mass is 241 g/mol. The van der Waals surface area contributed by atoms with Crippen LogP contribution in [0.5, 0.6) is 0 Å². The third-order valence-electron chi connectivity index (χ3n) is 2.61. The van der Waals surface area contributed by atoms with Gasteiger partial charge in [-0.05, 0) is 36.8 Å². The Morgan fingerprint density at radius 1 is 1.33 bits per heavy atom. The summed E-state index contributed by atoms with van der Waals surface area (Å²) >= 11 is 0. The van der Waals surface area contributed by atoms with E-state index in [-0.39, 0.29) is 11.9 Å². The van der Waals surface area contributed by atoms with Crippen molar-refractivity contribution in [2.75, 3.05) is 5.32 Å². The van der Waals surface area contributed by atoms with E-state index in [1.54, 1.807) is 18.2 Å². The number of anilines is 1. The van der Waals surface area contributed by atoms with E-state index in [1.165, 1.54) is 18.3 Å². The molecule has 3 nitrogen and oxygen atoms in total. The largest absolute Gasteiger partial charge is 0.364 e. The highest BCUT2D eigenvalue weighted by atomic mass is 19.1. The number of hydrogen-bond acceptors (Lipinski definition) is 3. The molecule has 2 aromatic rings. The summed E-state index contributed by atoms with van der Waals surface area (Å²) in [4.78, 5) is 4.11. The lowest BCUT2D eigenvalue weighted by Crippen LogP contribution is -2.08. The molecule has 4 heteroatoms. The van der Waals surface area contributed by atoms with Crippen LogP contribution < -0.4 is 5.32 Å². The summed E-state index contributed by atoms with van der Waals surface area (Å²) in [6, 6.07) is 11.8. The third kappa shape index (κ3) is 2.83. The van der Waals surface area contributed by atoms with E-state index in [0.29, 0.717) is 11.4 Å². The van der Waals surface area contributed by atoms with Crippen LogP contribution in [-0.2, 0) is 0 Å². The number of nitrogens with one attached hydrogen (secondary N) is 1. The van der Waals surface area contributed by atoms with Gasteiger partial charge in [0.1, 0.15) is 17.7 Å². The maximum Gasteiger partial charge on any atom is 0.126 e. The lowest BCUT2D eigenvalue weighted by Gasteiger charge is -2.14. The van der Waals surface area contributed by atoms with Gasteiger partial charge in [-0.1, -0.05) is 12.1 Å². The fraction of sp³-hybridized carbons (Fsp3) is 0.143. The van der Waals surface area contributed by atoms with E-state index >= 15 is 0 Å². The molecule has 1 atom stereocenters. The first kappa shape index (κ1) is 12.1. The fourth-order valence-electron chi connectivity index (χ4n) is 1.63. The van der Waals surface area contributed by atoms with Crippen LogP contribution in [0.1, 0.15) is 24.1 Å². The Morgan fingerprint density at radius 3 is 2.78 bits per heavy atom. The molecule has 1 unspecified atom stereocenters. The molecule has 0 aliphatic rings. The second-order valence-electron chi connectivity index (χ2n) is 3.96. The van der Waals surface area contributed by atoms with Crippen molar-refractivity contribution in [1.82, 2.24) is 4.98 Å². The molecule has 1 heterocycles. The summed E-state index contributed by atoms with van der Waals surface area (Å²) in [6.45, 7) is 1.93. The van der Waals surface area contributed by atoms with Gasteiger partial charge in [0.25, 0.3) is 0 Å². The van der Waals surface area contributed by atoms with Crippen LogP contribution in [0.3, 0.4) is 0 Å². The molecule has 18 heavy (non-hydrogen) atoms. The molecular formula is C14H12FN3. The summed E-state index contributed by atoms with van der Waals surface area (Å²) in [5.74, 6) is 0.402. The van der Waals surface area contributed by atoms with Gasteiger partial charge in [-0.25, -0.2) is 9.37 Å².